The summed E-state index contributed by atoms with van der Waals surface area (Å²) in [5, 5.41) is 10.2. The number of hydrogen-bond acceptors (Lipinski definition) is 4. The minimum absolute atomic E-state index is 0.575. The summed E-state index contributed by atoms with van der Waals surface area (Å²) in [6, 6.07) is 3.80. The van der Waals surface area contributed by atoms with Crippen molar-refractivity contribution < 1.29 is 0 Å². The van der Waals surface area contributed by atoms with Crippen LogP contribution in [0.1, 0.15) is 24.5 Å². The molecule has 15 heavy (non-hydrogen) atoms. The fourth-order valence-electron chi connectivity index (χ4n) is 1.48. The Balaban J connectivity index is 1.76. The summed E-state index contributed by atoms with van der Waals surface area (Å²) in [5.74, 6) is 2.04. The van der Waals surface area contributed by atoms with Gasteiger partial charge in [0.25, 0.3) is 0 Å². The van der Waals surface area contributed by atoms with Gasteiger partial charge in [-0.05, 0) is 18.9 Å². The van der Waals surface area contributed by atoms with E-state index in [2.05, 4.69) is 25.5 Å². The predicted octanol–water partition coefficient (Wildman–Crippen LogP) is 1.82. The highest BCUT2D eigenvalue weighted by molar-refractivity contribution is 5.48. The molecule has 0 unspecified atom stereocenters. The first-order chi connectivity index (χ1) is 7.42. The van der Waals surface area contributed by atoms with Crippen molar-refractivity contribution in [1.29, 1.82) is 0 Å². The molecule has 3 rings (SSSR count). The molecule has 0 atom stereocenters. The van der Waals surface area contributed by atoms with Crippen molar-refractivity contribution >= 4 is 11.8 Å². The molecule has 1 aliphatic rings. The van der Waals surface area contributed by atoms with Gasteiger partial charge >= 0.3 is 0 Å². The second kappa shape index (κ2) is 3.34. The second-order valence-corrected chi connectivity index (χ2v) is 3.68. The van der Waals surface area contributed by atoms with Crippen molar-refractivity contribution in [2.75, 3.05) is 5.32 Å². The highest BCUT2D eigenvalue weighted by Crippen LogP contribution is 2.39. The normalized spacial score (nSPS) is 15.2. The maximum absolute atomic E-state index is 4.16. The third-order valence-electron chi connectivity index (χ3n) is 2.42. The van der Waals surface area contributed by atoms with Gasteiger partial charge in [-0.25, -0.2) is 9.97 Å². The van der Waals surface area contributed by atoms with E-state index in [1.54, 1.807) is 18.5 Å². The minimum atomic E-state index is 0.575. The lowest BCUT2D eigenvalue weighted by Crippen LogP contribution is -1.95. The Kier molecular flexibility index (Phi) is 1.87. The van der Waals surface area contributed by atoms with Crippen LogP contribution in [0.5, 0.6) is 0 Å². The van der Waals surface area contributed by atoms with Crippen LogP contribution in [-0.4, -0.2) is 20.2 Å². The van der Waals surface area contributed by atoms with Crippen LogP contribution in [0.3, 0.4) is 0 Å². The molecule has 1 aliphatic carbocycles. The minimum Gasteiger partial charge on any atom is -0.307 e. The van der Waals surface area contributed by atoms with Crippen LogP contribution >= 0.6 is 0 Å². The van der Waals surface area contributed by atoms with Gasteiger partial charge in [0, 0.05) is 30.1 Å². The zero-order valence-corrected chi connectivity index (χ0v) is 8.14. The van der Waals surface area contributed by atoms with E-state index in [-0.39, 0.29) is 0 Å². The van der Waals surface area contributed by atoms with Crippen LogP contribution in [0.4, 0.5) is 11.8 Å². The van der Waals surface area contributed by atoms with Gasteiger partial charge < -0.3 is 5.32 Å². The Morgan fingerprint density at radius 2 is 2.07 bits per heavy atom. The topological polar surface area (TPSA) is 66.5 Å². The zero-order chi connectivity index (χ0) is 10.1. The van der Waals surface area contributed by atoms with Gasteiger partial charge in [0.05, 0.1) is 0 Å². The molecule has 0 radical (unpaired) electrons. The van der Waals surface area contributed by atoms with Crippen molar-refractivity contribution in [3.8, 4) is 0 Å². The van der Waals surface area contributed by atoms with E-state index in [1.165, 1.54) is 18.5 Å². The van der Waals surface area contributed by atoms with Crippen molar-refractivity contribution in [3.63, 3.8) is 0 Å². The number of nitrogens with one attached hydrogen (secondary N) is 2. The maximum Gasteiger partial charge on any atom is 0.228 e. The van der Waals surface area contributed by atoms with E-state index < -0.39 is 0 Å². The molecule has 1 saturated carbocycles. The highest BCUT2D eigenvalue weighted by Gasteiger charge is 2.25. The third kappa shape index (κ3) is 1.81. The lowest BCUT2D eigenvalue weighted by Gasteiger charge is -1.97. The maximum atomic E-state index is 4.16. The largest absolute Gasteiger partial charge is 0.307 e. The number of hydrogen-bond donors (Lipinski definition) is 2. The van der Waals surface area contributed by atoms with Crippen LogP contribution in [0.2, 0.25) is 0 Å². The number of aromatic amines is 1. The van der Waals surface area contributed by atoms with E-state index in [0.29, 0.717) is 11.9 Å². The first kappa shape index (κ1) is 8.40. The SMILES string of the molecule is c1cnc(Nc2cc(C3CC3)[nH]n2)nc1. The second-order valence-electron chi connectivity index (χ2n) is 3.68. The van der Waals surface area contributed by atoms with Gasteiger partial charge in [-0.1, -0.05) is 0 Å². The summed E-state index contributed by atoms with van der Waals surface area (Å²) in [5.41, 5.74) is 1.20. The Morgan fingerprint density at radius 3 is 2.80 bits per heavy atom. The summed E-state index contributed by atoms with van der Waals surface area (Å²) in [6.07, 6.45) is 5.93. The monoisotopic (exact) mass is 201 g/mol. The number of rotatable bonds is 3. The van der Waals surface area contributed by atoms with Crippen LogP contribution < -0.4 is 5.32 Å². The molecule has 0 saturated heterocycles. The fraction of sp³-hybridized carbons (Fsp3) is 0.300. The molecule has 0 aromatic carbocycles. The molecule has 5 nitrogen and oxygen atoms in total. The average Bonchev–Trinajstić information content (AvgIpc) is 3.02. The molecular weight excluding hydrogens is 190 g/mol. The lowest BCUT2D eigenvalue weighted by molar-refractivity contribution is 0.965. The fourth-order valence-corrected chi connectivity index (χ4v) is 1.48. The summed E-state index contributed by atoms with van der Waals surface area (Å²) < 4.78 is 0. The van der Waals surface area contributed by atoms with Crippen LogP contribution in [0.25, 0.3) is 0 Å². The van der Waals surface area contributed by atoms with Gasteiger partial charge in [-0.15, -0.1) is 0 Å². The summed E-state index contributed by atoms with van der Waals surface area (Å²) in [6.45, 7) is 0. The molecule has 5 heteroatoms. The van der Waals surface area contributed by atoms with E-state index in [1.807, 2.05) is 6.07 Å². The Labute approximate surface area is 87.0 Å². The first-order valence-electron chi connectivity index (χ1n) is 5.01. The molecule has 2 aromatic rings. The van der Waals surface area contributed by atoms with Gasteiger partial charge in [0.2, 0.25) is 5.95 Å². The van der Waals surface area contributed by atoms with Crippen LogP contribution in [0.15, 0.2) is 24.5 Å². The van der Waals surface area contributed by atoms with Crippen molar-refractivity contribution in [2.45, 2.75) is 18.8 Å². The molecule has 76 valence electrons. The molecule has 2 heterocycles. The van der Waals surface area contributed by atoms with Crippen LogP contribution in [-0.2, 0) is 0 Å². The summed E-state index contributed by atoms with van der Waals surface area (Å²) >= 11 is 0. The Hall–Kier alpha value is -1.91. The molecular formula is C10H11N5. The smallest absolute Gasteiger partial charge is 0.228 e. The lowest BCUT2D eigenvalue weighted by atomic mass is 10.3. The molecule has 2 aromatic heterocycles. The molecule has 0 aliphatic heterocycles. The third-order valence-corrected chi connectivity index (χ3v) is 2.42. The first-order valence-corrected chi connectivity index (χ1v) is 5.01. The Morgan fingerprint density at radius 1 is 1.27 bits per heavy atom. The van der Waals surface area contributed by atoms with E-state index in [9.17, 15) is 0 Å². The van der Waals surface area contributed by atoms with Crippen LogP contribution in [0, 0.1) is 0 Å². The Bertz CT molecular complexity index is 446. The summed E-state index contributed by atoms with van der Waals surface area (Å²) in [4.78, 5) is 8.14. The number of aromatic nitrogens is 4. The molecule has 0 bridgehead atoms. The average molecular weight is 201 g/mol. The van der Waals surface area contributed by atoms with Gasteiger partial charge in [-0.2, -0.15) is 5.10 Å². The molecule has 1 fully saturated rings. The van der Waals surface area contributed by atoms with Crippen molar-refractivity contribution in [2.24, 2.45) is 0 Å². The van der Waals surface area contributed by atoms with E-state index in [0.717, 1.165) is 5.82 Å². The quantitative estimate of drug-likeness (QED) is 0.794. The van der Waals surface area contributed by atoms with Crippen molar-refractivity contribution in [1.82, 2.24) is 20.2 Å². The van der Waals surface area contributed by atoms with E-state index >= 15 is 0 Å². The van der Waals surface area contributed by atoms with Gasteiger partial charge in [0.1, 0.15) is 0 Å². The number of nitrogens with zero attached hydrogens (tertiary/aromatic N) is 3. The number of anilines is 2. The van der Waals surface area contributed by atoms with Gasteiger partial charge in [0.15, 0.2) is 5.82 Å². The van der Waals surface area contributed by atoms with E-state index in [4.69, 9.17) is 0 Å². The van der Waals surface area contributed by atoms with Crippen molar-refractivity contribution in [3.05, 3.63) is 30.2 Å². The molecule has 0 spiro atoms. The van der Waals surface area contributed by atoms with Gasteiger partial charge in [-0.3, -0.25) is 5.10 Å². The number of H-pyrrole nitrogens is 1. The highest BCUT2D eigenvalue weighted by atomic mass is 15.2. The molecule has 2 N–H and O–H groups in total. The molecule has 0 amide bonds. The summed E-state index contributed by atoms with van der Waals surface area (Å²) in [7, 11) is 0. The predicted molar refractivity (Wildman–Crippen MR) is 55.9 cm³/mol. The zero-order valence-electron chi connectivity index (χ0n) is 8.14. The standard InChI is InChI=1S/C10H11N5/c1-4-11-10(12-5-1)13-9-6-8(14-15-9)7-2-3-7/h1,4-7H,2-3H2,(H2,11,12,13,14,15).